The van der Waals surface area contributed by atoms with E-state index in [0.717, 1.165) is 16.9 Å². The van der Waals surface area contributed by atoms with Gasteiger partial charge in [-0.05, 0) is 31.0 Å². The normalized spacial score (nSPS) is 16.0. The summed E-state index contributed by atoms with van der Waals surface area (Å²) < 4.78 is 51.2. The fourth-order valence-electron chi connectivity index (χ4n) is 3.42. The zero-order valence-corrected chi connectivity index (χ0v) is 17.8. The highest BCUT2D eigenvalue weighted by Gasteiger charge is 2.29. The Kier molecular flexibility index (Phi) is 4.88. The lowest BCUT2D eigenvalue weighted by Crippen LogP contribution is -2.13. The molecule has 0 unspecified atom stereocenters. The van der Waals surface area contributed by atoms with E-state index in [-0.39, 0.29) is 4.90 Å². The van der Waals surface area contributed by atoms with Gasteiger partial charge in [-0.2, -0.15) is 4.98 Å². The molecule has 0 amide bonds. The molecular weight excluding hydrogens is 430 g/mol. The number of hydrogen-bond acceptors (Lipinski definition) is 9. The van der Waals surface area contributed by atoms with Gasteiger partial charge in [0.05, 0.1) is 36.9 Å². The van der Waals surface area contributed by atoms with Gasteiger partial charge < -0.3 is 18.7 Å². The Hall–Kier alpha value is -2.63. The van der Waals surface area contributed by atoms with Crippen molar-refractivity contribution in [1.82, 2.24) is 10.1 Å². The van der Waals surface area contributed by atoms with Gasteiger partial charge in [0.2, 0.25) is 0 Å². The van der Waals surface area contributed by atoms with Crippen LogP contribution in [0.1, 0.15) is 22.7 Å². The predicted octanol–water partition coefficient (Wildman–Crippen LogP) is 3.14. The molecule has 4 heterocycles. The molecule has 1 aromatic carbocycles. The molecule has 0 spiro atoms. The summed E-state index contributed by atoms with van der Waals surface area (Å²) in [5.41, 5.74) is 1.60. The van der Waals surface area contributed by atoms with Crippen LogP contribution in [-0.4, -0.2) is 38.4 Å². The third-order valence-corrected chi connectivity index (χ3v) is 7.42. The first-order valence-corrected chi connectivity index (χ1v) is 11.8. The molecule has 0 saturated heterocycles. The third kappa shape index (κ3) is 3.53. The van der Waals surface area contributed by atoms with Gasteiger partial charge >= 0.3 is 0 Å². The first kappa shape index (κ1) is 19.3. The molecule has 5 rings (SSSR count). The van der Waals surface area contributed by atoms with Gasteiger partial charge in [0.25, 0.3) is 15.9 Å². The monoisotopic (exact) mass is 449 g/mol. The summed E-state index contributed by atoms with van der Waals surface area (Å²) >= 11 is 1.32. The van der Waals surface area contributed by atoms with Crippen LogP contribution in [0.4, 0.5) is 5.00 Å². The Bertz CT molecular complexity index is 1200. The predicted molar refractivity (Wildman–Crippen MR) is 109 cm³/mol. The molecule has 0 radical (unpaired) electrons. The van der Waals surface area contributed by atoms with Crippen molar-refractivity contribution in [2.24, 2.45) is 0 Å². The molecule has 158 valence electrons. The van der Waals surface area contributed by atoms with Crippen molar-refractivity contribution in [3.63, 3.8) is 0 Å². The zero-order chi connectivity index (χ0) is 20.7. The Morgan fingerprint density at radius 2 is 1.97 bits per heavy atom. The Morgan fingerprint density at radius 1 is 1.13 bits per heavy atom. The minimum atomic E-state index is -3.89. The van der Waals surface area contributed by atoms with Crippen molar-refractivity contribution in [2.75, 3.05) is 24.5 Å². The second-order valence-corrected chi connectivity index (χ2v) is 9.71. The molecule has 3 aromatic rings. The van der Waals surface area contributed by atoms with Gasteiger partial charge in [-0.15, -0.1) is 11.3 Å². The average Bonchev–Trinajstić information content (AvgIpc) is 3.21. The van der Waals surface area contributed by atoms with E-state index in [1.807, 2.05) is 0 Å². The zero-order valence-electron chi connectivity index (χ0n) is 16.1. The molecule has 2 aliphatic rings. The topological polar surface area (TPSA) is 113 Å². The number of aryl methyl sites for hydroxylation is 1. The van der Waals surface area contributed by atoms with Gasteiger partial charge in [0.15, 0.2) is 17.3 Å². The fraction of sp³-hybridized carbons (Fsp3) is 0.368. The lowest BCUT2D eigenvalue weighted by atomic mass is 10.1. The summed E-state index contributed by atoms with van der Waals surface area (Å²) in [6.07, 6.45) is 1.39. The summed E-state index contributed by atoms with van der Waals surface area (Å²) in [5.74, 6) is 1.73. The molecule has 2 aliphatic heterocycles. The van der Waals surface area contributed by atoms with Crippen LogP contribution in [0, 0.1) is 6.92 Å². The Labute approximate surface area is 177 Å². The van der Waals surface area contributed by atoms with E-state index in [0.29, 0.717) is 66.6 Å². The van der Waals surface area contributed by atoms with Crippen LogP contribution in [0.15, 0.2) is 27.6 Å². The van der Waals surface area contributed by atoms with Crippen LogP contribution >= 0.6 is 11.3 Å². The minimum Gasteiger partial charge on any atom is -0.490 e. The van der Waals surface area contributed by atoms with Crippen molar-refractivity contribution in [3.05, 3.63) is 34.5 Å². The number of thiophene rings is 1. The third-order valence-electron chi connectivity index (χ3n) is 4.82. The van der Waals surface area contributed by atoms with E-state index in [9.17, 15) is 8.42 Å². The summed E-state index contributed by atoms with van der Waals surface area (Å²) in [6.45, 7) is 3.70. The quantitative estimate of drug-likeness (QED) is 0.646. The summed E-state index contributed by atoms with van der Waals surface area (Å²) in [5, 5.41) is 4.29. The number of aromatic nitrogens is 2. The SMILES string of the molecule is Cc1noc(-c2c(NS(=O)(=O)c3ccc4c(c3)OCCCO4)sc3c2CCOC3)n1. The number of sulfonamides is 1. The fourth-order valence-corrected chi connectivity index (χ4v) is 5.92. The molecule has 30 heavy (non-hydrogen) atoms. The second-order valence-electron chi connectivity index (χ2n) is 6.92. The summed E-state index contributed by atoms with van der Waals surface area (Å²) in [6, 6.07) is 4.60. The van der Waals surface area contributed by atoms with Crippen molar-refractivity contribution >= 4 is 26.4 Å². The van der Waals surface area contributed by atoms with Crippen LogP contribution in [0.2, 0.25) is 0 Å². The number of benzene rings is 1. The number of hydrogen-bond donors (Lipinski definition) is 1. The Balaban J connectivity index is 1.54. The molecule has 1 N–H and O–H groups in total. The van der Waals surface area contributed by atoms with E-state index in [1.54, 1.807) is 13.0 Å². The largest absolute Gasteiger partial charge is 0.490 e. The Morgan fingerprint density at radius 3 is 2.77 bits per heavy atom. The van der Waals surface area contributed by atoms with Gasteiger partial charge in [-0.25, -0.2) is 8.42 Å². The lowest BCUT2D eigenvalue weighted by Gasteiger charge is -2.12. The molecule has 0 bridgehead atoms. The standard InChI is InChI=1S/C19H19N3O6S2/c1-11-20-18(28-21-11)17-13-5-8-25-10-16(13)29-19(17)22-30(23,24)12-3-4-14-15(9-12)27-7-2-6-26-14/h3-4,9,22H,2,5-8,10H2,1H3. The van der Waals surface area contributed by atoms with Gasteiger partial charge in [0.1, 0.15) is 5.00 Å². The van der Waals surface area contributed by atoms with Gasteiger partial charge in [-0.1, -0.05) is 5.16 Å². The second kappa shape index (κ2) is 7.56. The molecule has 0 saturated carbocycles. The van der Waals surface area contributed by atoms with E-state index in [4.69, 9.17) is 18.7 Å². The average molecular weight is 450 g/mol. The van der Waals surface area contributed by atoms with E-state index >= 15 is 0 Å². The van der Waals surface area contributed by atoms with Crippen molar-refractivity contribution in [1.29, 1.82) is 0 Å². The van der Waals surface area contributed by atoms with Crippen molar-refractivity contribution in [2.45, 2.75) is 31.3 Å². The van der Waals surface area contributed by atoms with Crippen LogP contribution in [0.25, 0.3) is 11.5 Å². The molecule has 11 heteroatoms. The van der Waals surface area contributed by atoms with E-state index < -0.39 is 10.0 Å². The maximum atomic E-state index is 13.2. The molecule has 2 aromatic heterocycles. The maximum Gasteiger partial charge on any atom is 0.262 e. The van der Waals surface area contributed by atoms with Crippen LogP contribution < -0.4 is 14.2 Å². The van der Waals surface area contributed by atoms with Crippen LogP contribution in [-0.2, 0) is 27.8 Å². The smallest absolute Gasteiger partial charge is 0.262 e. The van der Waals surface area contributed by atoms with Crippen LogP contribution in [0.5, 0.6) is 11.5 Å². The minimum absolute atomic E-state index is 0.0852. The molecule has 0 atom stereocenters. The highest BCUT2D eigenvalue weighted by Crippen LogP contribution is 2.43. The first-order chi connectivity index (χ1) is 14.5. The first-order valence-electron chi connectivity index (χ1n) is 9.47. The number of nitrogens with zero attached hydrogens (tertiary/aromatic N) is 2. The van der Waals surface area contributed by atoms with E-state index in [1.165, 1.54) is 23.5 Å². The molecule has 9 nitrogen and oxygen atoms in total. The van der Waals surface area contributed by atoms with E-state index in [2.05, 4.69) is 14.9 Å². The molecule has 0 aliphatic carbocycles. The number of anilines is 1. The number of fused-ring (bicyclic) bond motifs is 2. The van der Waals surface area contributed by atoms with Crippen LogP contribution in [0.3, 0.4) is 0 Å². The van der Waals surface area contributed by atoms with Crippen molar-refractivity contribution in [3.8, 4) is 23.0 Å². The van der Waals surface area contributed by atoms with Gasteiger partial charge in [0, 0.05) is 17.4 Å². The summed E-state index contributed by atoms with van der Waals surface area (Å²) in [7, 11) is -3.89. The maximum absolute atomic E-state index is 13.2. The number of ether oxygens (including phenoxy) is 3. The number of nitrogens with one attached hydrogen (secondary N) is 1. The molecular formula is C19H19N3O6S2. The lowest BCUT2D eigenvalue weighted by molar-refractivity contribution is 0.113. The highest BCUT2D eigenvalue weighted by atomic mass is 32.2. The number of rotatable bonds is 4. The highest BCUT2D eigenvalue weighted by molar-refractivity contribution is 7.93. The van der Waals surface area contributed by atoms with Gasteiger partial charge in [-0.3, -0.25) is 4.72 Å². The summed E-state index contributed by atoms with van der Waals surface area (Å²) in [4.78, 5) is 5.34. The van der Waals surface area contributed by atoms with Crippen molar-refractivity contribution < 1.29 is 27.2 Å². The molecule has 0 fully saturated rings.